The number of benzene rings is 2. The van der Waals surface area contributed by atoms with Crippen LogP contribution in [0.3, 0.4) is 0 Å². The molecule has 3 rings (SSSR count). The highest BCUT2D eigenvalue weighted by molar-refractivity contribution is 9.10. The predicted octanol–water partition coefficient (Wildman–Crippen LogP) is 5.63. The van der Waals surface area contributed by atoms with Gasteiger partial charge in [0.2, 0.25) is 0 Å². The molecule has 1 aromatic heterocycles. The van der Waals surface area contributed by atoms with Crippen molar-refractivity contribution in [2.75, 3.05) is 5.75 Å². The fourth-order valence-electron chi connectivity index (χ4n) is 1.99. The molecule has 5 nitrogen and oxygen atoms in total. The Morgan fingerprint density at radius 3 is 2.69 bits per heavy atom. The highest BCUT2D eigenvalue weighted by Crippen LogP contribution is 2.30. The normalized spacial score (nSPS) is 11.1. The summed E-state index contributed by atoms with van der Waals surface area (Å²) >= 11 is 13.4. The molecule has 0 saturated carbocycles. The van der Waals surface area contributed by atoms with Gasteiger partial charge in [0.05, 0.1) is 12.0 Å². The van der Waals surface area contributed by atoms with Gasteiger partial charge in [-0.1, -0.05) is 74.5 Å². The zero-order chi connectivity index (χ0) is 20.6. The summed E-state index contributed by atoms with van der Waals surface area (Å²) in [4.78, 5) is 11.9. The monoisotopic (exact) mass is 530 g/mol. The van der Waals surface area contributed by atoms with Gasteiger partial charge in [0.1, 0.15) is 5.82 Å². The van der Waals surface area contributed by atoms with Gasteiger partial charge in [0, 0.05) is 20.8 Å². The Labute approximate surface area is 192 Å². The number of hydrazone groups is 1. The third kappa shape index (κ3) is 7.38. The van der Waals surface area contributed by atoms with Crippen LogP contribution in [0, 0.1) is 5.82 Å². The van der Waals surface area contributed by atoms with E-state index >= 15 is 0 Å². The lowest BCUT2D eigenvalue weighted by molar-refractivity contribution is -0.118. The minimum atomic E-state index is -0.418. The van der Waals surface area contributed by atoms with Crippen LogP contribution in [-0.4, -0.2) is 28.1 Å². The molecular weight excluding hydrogens is 519 g/mol. The maximum absolute atomic E-state index is 13.6. The molecule has 0 fully saturated rings. The number of aromatic nitrogens is 2. The van der Waals surface area contributed by atoms with Crippen molar-refractivity contribution in [1.82, 2.24) is 15.6 Å². The van der Waals surface area contributed by atoms with Crippen molar-refractivity contribution in [3.63, 3.8) is 0 Å². The highest BCUT2D eigenvalue weighted by Gasteiger charge is 2.09. The Kier molecular flexibility index (Phi) is 8.49. The molecule has 0 aliphatic rings. The topological polar surface area (TPSA) is 67.2 Å². The van der Waals surface area contributed by atoms with E-state index < -0.39 is 5.82 Å². The molecule has 0 bridgehead atoms. The van der Waals surface area contributed by atoms with E-state index in [1.807, 2.05) is 24.3 Å². The summed E-state index contributed by atoms with van der Waals surface area (Å²) in [5, 5.41) is 12.7. The van der Waals surface area contributed by atoms with Crippen molar-refractivity contribution in [3.05, 3.63) is 68.9 Å². The molecule has 0 unspecified atom stereocenters. The number of amides is 1. The summed E-state index contributed by atoms with van der Waals surface area (Å²) in [5.74, 6) is 0.164. The smallest absolute Gasteiger partial charge is 0.250 e. The maximum Gasteiger partial charge on any atom is 0.250 e. The van der Waals surface area contributed by atoms with E-state index in [-0.39, 0.29) is 17.2 Å². The summed E-state index contributed by atoms with van der Waals surface area (Å²) in [6, 6.07) is 12.1. The first-order valence-corrected chi connectivity index (χ1v) is 12.1. The number of thioether (sulfide) groups is 2. The fourth-order valence-corrected chi connectivity index (χ4v) is 5.26. The molecule has 0 atom stereocenters. The van der Waals surface area contributed by atoms with E-state index in [0.717, 1.165) is 20.1 Å². The third-order valence-electron chi connectivity index (χ3n) is 3.34. The minimum absolute atomic E-state index is 0.134. The first-order valence-electron chi connectivity index (χ1n) is 8.10. The fraction of sp³-hybridized carbons (Fsp3) is 0.111. The van der Waals surface area contributed by atoms with Gasteiger partial charge in [-0.25, -0.2) is 9.82 Å². The first-order chi connectivity index (χ1) is 14.0. The van der Waals surface area contributed by atoms with Gasteiger partial charge in [-0.3, -0.25) is 4.79 Å². The SMILES string of the molecule is O=C(CSc1nnc(SCc2ccc(Cl)cc2)s1)N/N=C\c1cc(Br)ccc1F. The van der Waals surface area contributed by atoms with Gasteiger partial charge >= 0.3 is 0 Å². The van der Waals surface area contributed by atoms with Gasteiger partial charge in [0.25, 0.3) is 5.91 Å². The lowest BCUT2D eigenvalue weighted by Crippen LogP contribution is -2.19. The molecule has 0 saturated heterocycles. The maximum atomic E-state index is 13.6. The lowest BCUT2D eigenvalue weighted by atomic mass is 10.2. The Morgan fingerprint density at radius 1 is 1.21 bits per heavy atom. The number of nitrogens with one attached hydrogen (secondary N) is 1. The van der Waals surface area contributed by atoms with Crippen molar-refractivity contribution in [1.29, 1.82) is 0 Å². The first kappa shape index (κ1) is 22.2. The van der Waals surface area contributed by atoms with E-state index in [4.69, 9.17) is 11.6 Å². The van der Waals surface area contributed by atoms with Crippen molar-refractivity contribution >= 4 is 74.5 Å². The summed E-state index contributed by atoms with van der Waals surface area (Å²) in [5.41, 5.74) is 3.79. The van der Waals surface area contributed by atoms with Crippen LogP contribution in [0.4, 0.5) is 4.39 Å². The molecule has 0 radical (unpaired) electrons. The second kappa shape index (κ2) is 11.1. The van der Waals surface area contributed by atoms with Gasteiger partial charge in [-0.2, -0.15) is 5.10 Å². The quantitative estimate of drug-likeness (QED) is 0.232. The van der Waals surface area contributed by atoms with Crippen LogP contribution < -0.4 is 5.43 Å². The molecule has 29 heavy (non-hydrogen) atoms. The summed E-state index contributed by atoms with van der Waals surface area (Å²) < 4.78 is 15.8. The predicted molar refractivity (Wildman–Crippen MR) is 121 cm³/mol. The van der Waals surface area contributed by atoms with E-state index in [1.54, 1.807) is 23.9 Å². The minimum Gasteiger partial charge on any atom is -0.272 e. The van der Waals surface area contributed by atoms with Gasteiger partial charge in [-0.15, -0.1) is 10.2 Å². The average molecular weight is 532 g/mol. The number of carbonyl (C=O) groups excluding carboxylic acids is 1. The van der Waals surface area contributed by atoms with Crippen LogP contribution in [0.1, 0.15) is 11.1 Å². The molecule has 0 aliphatic heterocycles. The van der Waals surface area contributed by atoms with E-state index in [0.29, 0.717) is 9.36 Å². The molecule has 0 spiro atoms. The Hall–Kier alpha value is -1.46. The van der Waals surface area contributed by atoms with Gasteiger partial charge in [-0.05, 0) is 35.9 Å². The number of nitrogens with zero attached hydrogens (tertiary/aromatic N) is 3. The van der Waals surface area contributed by atoms with Crippen molar-refractivity contribution in [2.24, 2.45) is 5.10 Å². The zero-order valence-electron chi connectivity index (χ0n) is 14.6. The Balaban J connectivity index is 1.43. The van der Waals surface area contributed by atoms with Crippen molar-refractivity contribution < 1.29 is 9.18 Å². The molecule has 150 valence electrons. The summed E-state index contributed by atoms with van der Waals surface area (Å²) in [6.07, 6.45) is 1.26. The Bertz CT molecular complexity index is 1020. The van der Waals surface area contributed by atoms with Crippen LogP contribution in [0.25, 0.3) is 0 Å². The number of hydrogen-bond donors (Lipinski definition) is 1. The van der Waals surface area contributed by atoms with Crippen molar-refractivity contribution in [2.45, 2.75) is 14.4 Å². The molecule has 3 aromatic rings. The number of halogens is 3. The molecule has 1 N–H and O–H groups in total. The molecule has 1 heterocycles. The van der Waals surface area contributed by atoms with Crippen LogP contribution in [0.2, 0.25) is 5.02 Å². The molecule has 11 heteroatoms. The molecule has 1 amide bonds. The van der Waals surface area contributed by atoms with Crippen LogP contribution in [0.5, 0.6) is 0 Å². The van der Waals surface area contributed by atoms with E-state index in [2.05, 4.69) is 36.7 Å². The second-order valence-corrected chi connectivity index (χ2v) is 10.3. The lowest BCUT2D eigenvalue weighted by Gasteiger charge is -1.99. The number of rotatable bonds is 8. The summed E-state index contributed by atoms with van der Waals surface area (Å²) in [6.45, 7) is 0. The standard InChI is InChI=1S/C18H13BrClFN4OS3/c19-13-3-6-15(21)12(7-13)8-22-23-16(26)10-28-18-25-24-17(29-18)27-9-11-1-4-14(20)5-2-11/h1-8H,9-10H2,(H,23,26)/b22-8-. The van der Waals surface area contributed by atoms with E-state index in [1.165, 1.54) is 35.4 Å². The zero-order valence-corrected chi connectivity index (χ0v) is 19.4. The van der Waals surface area contributed by atoms with Gasteiger partial charge < -0.3 is 0 Å². The third-order valence-corrected chi connectivity index (χ3v) is 7.35. The second-order valence-electron chi connectivity index (χ2n) is 5.50. The van der Waals surface area contributed by atoms with Gasteiger partial charge in [0.15, 0.2) is 8.68 Å². The molecule has 2 aromatic carbocycles. The van der Waals surface area contributed by atoms with Crippen LogP contribution in [0.15, 0.2) is 60.7 Å². The summed E-state index contributed by atoms with van der Waals surface area (Å²) in [7, 11) is 0. The molecular formula is C18H13BrClFN4OS3. The number of hydrogen-bond acceptors (Lipinski definition) is 7. The largest absolute Gasteiger partial charge is 0.272 e. The number of carbonyl (C=O) groups is 1. The Morgan fingerprint density at radius 2 is 1.93 bits per heavy atom. The van der Waals surface area contributed by atoms with Crippen molar-refractivity contribution in [3.8, 4) is 0 Å². The van der Waals surface area contributed by atoms with Crippen LogP contribution in [-0.2, 0) is 10.5 Å². The average Bonchev–Trinajstić information content (AvgIpc) is 3.16. The van der Waals surface area contributed by atoms with E-state index in [9.17, 15) is 9.18 Å². The molecule has 0 aliphatic carbocycles. The highest BCUT2D eigenvalue weighted by atomic mass is 79.9. The van der Waals surface area contributed by atoms with Crippen LogP contribution >= 0.6 is 62.4 Å².